The lowest BCUT2D eigenvalue weighted by atomic mass is 10.0. The Morgan fingerprint density at radius 3 is 2.54 bits per heavy atom. The fraction of sp³-hybridized carbons (Fsp3) is 0.300. The second kappa shape index (κ2) is 6.54. The van der Waals surface area contributed by atoms with E-state index in [9.17, 15) is 22.8 Å². The Morgan fingerprint density at radius 1 is 1.14 bits per heavy atom. The second-order valence-corrected chi connectivity index (χ2v) is 6.99. The molecule has 28 heavy (non-hydrogen) atoms. The number of hydrogen-bond acceptors (Lipinski definition) is 3. The standard InChI is InChI=1S/C20H18F3N3O2/c1-25-16-11-12(4-9-15(16)19(28)26-10-2-3-17(25)26)18(27)24-14-7-5-13(6-8-14)20(21,22)23/h4-9,11,17H,2-3,10H2,1H3,(H,24,27)/t17-/m0/s1. The zero-order valence-corrected chi connectivity index (χ0v) is 15.1. The molecule has 146 valence electrons. The van der Waals surface area contributed by atoms with Crippen molar-refractivity contribution in [3.63, 3.8) is 0 Å². The summed E-state index contributed by atoms with van der Waals surface area (Å²) in [6.07, 6.45) is -2.61. The molecule has 1 fully saturated rings. The van der Waals surface area contributed by atoms with E-state index in [0.29, 0.717) is 16.8 Å². The number of nitrogens with one attached hydrogen (secondary N) is 1. The molecule has 1 atom stereocenters. The van der Waals surface area contributed by atoms with Crippen molar-refractivity contribution >= 4 is 23.2 Å². The first-order chi connectivity index (χ1) is 13.3. The molecule has 5 nitrogen and oxygen atoms in total. The van der Waals surface area contributed by atoms with Gasteiger partial charge in [0.2, 0.25) is 0 Å². The molecule has 1 N–H and O–H groups in total. The zero-order chi connectivity index (χ0) is 20.1. The highest BCUT2D eigenvalue weighted by atomic mass is 19.4. The molecule has 0 radical (unpaired) electrons. The van der Waals surface area contributed by atoms with Crippen LogP contribution < -0.4 is 10.2 Å². The third-order valence-corrected chi connectivity index (χ3v) is 5.27. The Hall–Kier alpha value is -3.03. The zero-order valence-electron chi connectivity index (χ0n) is 15.1. The molecule has 2 heterocycles. The number of fused-ring (bicyclic) bond motifs is 2. The predicted octanol–water partition coefficient (Wildman–Crippen LogP) is 3.97. The number of alkyl halides is 3. The molecule has 0 spiro atoms. The topological polar surface area (TPSA) is 52.7 Å². The number of halogens is 3. The maximum atomic E-state index is 12.6. The van der Waals surface area contributed by atoms with Crippen LogP contribution in [0.15, 0.2) is 42.5 Å². The normalized spacial score (nSPS) is 18.7. The summed E-state index contributed by atoms with van der Waals surface area (Å²) in [6.45, 7) is 0.726. The molecular weight excluding hydrogens is 371 g/mol. The van der Waals surface area contributed by atoms with Crippen LogP contribution in [0.1, 0.15) is 39.1 Å². The maximum absolute atomic E-state index is 12.6. The van der Waals surface area contributed by atoms with Gasteiger partial charge < -0.3 is 15.1 Å². The SMILES string of the molecule is CN1c2cc(C(=O)Nc3ccc(C(F)(F)F)cc3)ccc2C(=O)N2CCC[C@H]21. The van der Waals surface area contributed by atoms with Crippen LogP contribution in [0.25, 0.3) is 0 Å². The highest BCUT2D eigenvalue weighted by Gasteiger charge is 2.38. The van der Waals surface area contributed by atoms with Crippen LogP contribution in [-0.4, -0.2) is 36.5 Å². The summed E-state index contributed by atoms with van der Waals surface area (Å²) >= 11 is 0. The Kier molecular flexibility index (Phi) is 4.28. The van der Waals surface area contributed by atoms with Crippen LogP contribution in [-0.2, 0) is 6.18 Å². The van der Waals surface area contributed by atoms with Crippen molar-refractivity contribution in [1.82, 2.24) is 4.90 Å². The van der Waals surface area contributed by atoms with Crippen LogP contribution in [0.4, 0.5) is 24.5 Å². The van der Waals surface area contributed by atoms with Gasteiger partial charge in [-0.2, -0.15) is 13.2 Å². The Balaban J connectivity index is 1.56. The highest BCUT2D eigenvalue weighted by molar-refractivity contribution is 6.08. The minimum Gasteiger partial charge on any atom is -0.354 e. The summed E-state index contributed by atoms with van der Waals surface area (Å²) in [5, 5.41) is 2.60. The van der Waals surface area contributed by atoms with Crippen molar-refractivity contribution in [1.29, 1.82) is 0 Å². The number of carbonyl (C=O) groups excluding carboxylic acids is 2. The largest absolute Gasteiger partial charge is 0.416 e. The van der Waals surface area contributed by atoms with Crippen LogP contribution in [0.2, 0.25) is 0 Å². The van der Waals surface area contributed by atoms with Crippen molar-refractivity contribution < 1.29 is 22.8 Å². The summed E-state index contributed by atoms with van der Waals surface area (Å²) in [6, 6.07) is 9.11. The molecule has 0 unspecified atom stereocenters. The third-order valence-electron chi connectivity index (χ3n) is 5.27. The van der Waals surface area contributed by atoms with Crippen molar-refractivity contribution in [2.75, 3.05) is 23.8 Å². The number of carbonyl (C=O) groups is 2. The molecule has 2 aromatic rings. The monoisotopic (exact) mass is 389 g/mol. The molecule has 2 aliphatic rings. The summed E-state index contributed by atoms with van der Waals surface area (Å²) in [5.74, 6) is -0.484. The highest BCUT2D eigenvalue weighted by Crippen LogP contribution is 2.35. The summed E-state index contributed by atoms with van der Waals surface area (Å²) < 4.78 is 37.9. The van der Waals surface area contributed by atoms with Crippen LogP contribution in [0, 0.1) is 0 Å². The fourth-order valence-corrected chi connectivity index (χ4v) is 3.80. The van der Waals surface area contributed by atoms with E-state index in [2.05, 4.69) is 5.32 Å². The Morgan fingerprint density at radius 2 is 1.86 bits per heavy atom. The third kappa shape index (κ3) is 3.08. The van der Waals surface area contributed by atoms with E-state index >= 15 is 0 Å². The van der Waals surface area contributed by atoms with E-state index in [4.69, 9.17) is 0 Å². The van der Waals surface area contributed by atoms with Gasteiger partial charge >= 0.3 is 6.18 Å². The van der Waals surface area contributed by atoms with Crippen molar-refractivity contribution in [2.45, 2.75) is 25.2 Å². The molecule has 2 aromatic carbocycles. The second-order valence-electron chi connectivity index (χ2n) is 6.99. The average Bonchev–Trinajstić information content (AvgIpc) is 3.16. The number of anilines is 2. The first-order valence-electron chi connectivity index (χ1n) is 8.92. The number of rotatable bonds is 2. The molecule has 0 bridgehead atoms. The number of amides is 2. The fourth-order valence-electron chi connectivity index (χ4n) is 3.80. The van der Waals surface area contributed by atoms with E-state index in [1.165, 1.54) is 12.1 Å². The van der Waals surface area contributed by atoms with Gasteiger partial charge in [0.05, 0.1) is 16.8 Å². The van der Waals surface area contributed by atoms with Crippen LogP contribution in [0.5, 0.6) is 0 Å². The van der Waals surface area contributed by atoms with Crippen molar-refractivity contribution in [2.24, 2.45) is 0 Å². The van der Waals surface area contributed by atoms with E-state index < -0.39 is 17.6 Å². The first kappa shape index (κ1) is 18.3. The predicted molar refractivity (Wildman–Crippen MR) is 98.3 cm³/mol. The van der Waals surface area contributed by atoms with Gasteiger partial charge in [0.15, 0.2) is 0 Å². The van der Waals surface area contributed by atoms with Gasteiger partial charge in [-0.1, -0.05) is 0 Å². The molecule has 8 heteroatoms. The summed E-state index contributed by atoms with van der Waals surface area (Å²) in [7, 11) is 1.89. The van der Waals surface area contributed by atoms with Gasteiger partial charge in [0, 0.05) is 24.8 Å². The van der Waals surface area contributed by atoms with Gasteiger partial charge in [-0.05, 0) is 55.3 Å². The maximum Gasteiger partial charge on any atom is 0.416 e. The first-order valence-corrected chi connectivity index (χ1v) is 8.92. The van der Waals surface area contributed by atoms with Crippen molar-refractivity contribution in [3.05, 3.63) is 59.2 Å². The van der Waals surface area contributed by atoms with E-state index in [0.717, 1.165) is 31.5 Å². The van der Waals surface area contributed by atoms with Gasteiger partial charge in [-0.15, -0.1) is 0 Å². The quantitative estimate of drug-likeness (QED) is 0.846. The summed E-state index contributed by atoms with van der Waals surface area (Å²) in [5.41, 5.74) is 1.06. The molecule has 0 aliphatic carbocycles. The molecule has 0 aromatic heterocycles. The average molecular weight is 389 g/mol. The van der Waals surface area contributed by atoms with Gasteiger partial charge in [-0.3, -0.25) is 9.59 Å². The Labute approximate surface area is 159 Å². The van der Waals surface area contributed by atoms with Crippen LogP contribution in [0.3, 0.4) is 0 Å². The molecule has 4 rings (SSSR count). The van der Waals surface area contributed by atoms with E-state index in [1.807, 2.05) is 16.8 Å². The smallest absolute Gasteiger partial charge is 0.354 e. The lowest BCUT2D eigenvalue weighted by Crippen LogP contribution is -2.50. The molecule has 1 saturated heterocycles. The van der Waals surface area contributed by atoms with Gasteiger partial charge in [0.1, 0.15) is 6.17 Å². The number of hydrogen-bond donors (Lipinski definition) is 1. The van der Waals surface area contributed by atoms with E-state index in [-0.39, 0.29) is 17.8 Å². The minimum atomic E-state index is -4.42. The lowest BCUT2D eigenvalue weighted by Gasteiger charge is -2.40. The molecule has 0 saturated carbocycles. The van der Waals surface area contributed by atoms with Gasteiger partial charge in [-0.25, -0.2) is 0 Å². The van der Waals surface area contributed by atoms with E-state index in [1.54, 1.807) is 18.2 Å². The molecular formula is C20H18F3N3O2. The lowest BCUT2D eigenvalue weighted by molar-refractivity contribution is -0.137. The number of nitrogens with zero attached hydrogens (tertiary/aromatic N) is 2. The Bertz CT molecular complexity index is 941. The number of benzene rings is 2. The van der Waals surface area contributed by atoms with Gasteiger partial charge in [0.25, 0.3) is 11.8 Å². The summed E-state index contributed by atoms with van der Waals surface area (Å²) in [4.78, 5) is 29.0. The van der Waals surface area contributed by atoms with Crippen LogP contribution >= 0.6 is 0 Å². The van der Waals surface area contributed by atoms with Crippen molar-refractivity contribution in [3.8, 4) is 0 Å². The minimum absolute atomic E-state index is 0.00627. The molecule has 2 aliphatic heterocycles. The molecule has 2 amide bonds.